The molecule has 1 aliphatic rings. The Morgan fingerprint density at radius 2 is 1.77 bits per heavy atom. The minimum Gasteiger partial charge on any atom is -0.355 e. The number of hydrogen-bond acceptors (Lipinski definition) is 5. The number of pyridine rings is 1. The van der Waals surface area contributed by atoms with Gasteiger partial charge in [-0.25, -0.2) is 0 Å². The van der Waals surface area contributed by atoms with Gasteiger partial charge in [0.15, 0.2) is 5.82 Å². The van der Waals surface area contributed by atoms with Crippen LogP contribution >= 0.6 is 0 Å². The molecule has 3 aromatic rings. The van der Waals surface area contributed by atoms with Crippen LogP contribution in [0.2, 0.25) is 0 Å². The minimum atomic E-state index is 0.0176. The highest BCUT2D eigenvalue weighted by molar-refractivity contribution is 5.94. The van der Waals surface area contributed by atoms with Crippen molar-refractivity contribution in [1.29, 1.82) is 0 Å². The van der Waals surface area contributed by atoms with Crippen LogP contribution in [0.3, 0.4) is 0 Å². The smallest absolute Gasteiger partial charge is 0.227 e. The average Bonchev–Trinajstić information content (AvgIpc) is 2.77. The van der Waals surface area contributed by atoms with Crippen molar-refractivity contribution in [1.82, 2.24) is 15.2 Å². The van der Waals surface area contributed by atoms with E-state index in [4.69, 9.17) is 0 Å². The number of benzene rings is 1. The lowest BCUT2D eigenvalue weighted by atomic mass is 9.95. The molecule has 0 bridgehead atoms. The van der Waals surface area contributed by atoms with Gasteiger partial charge in [-0.15, -0.1) is 10.2 Å². The van der Waals surface area contributed by atoms with Crippen LogP contribution in [-0.2, 0) is 4.79 Å². The van der Waals surface area contributed by atoms with Crippen molar-refractivity contribution in [3.63, 3.8) is 0 Å². The number of nitrogens with zero attached hydrogens (tertiary/aromatic N) is 4. The molecule has 0 atom stereocenters. The molecule has 154 valence electrons. The second-order valence-electron chi connectivity index (χ2n) is 8.04. The zero-order chi connectivity index (χ0) is 21.1. The van der Waals surface area contributed by atoms with Gasteiger partial charge in [0.05, 0.1) is 5.69 Å². The molecule has 0 aliphatic carbocycles. The molecule has 1 aliphatic heterocycles. The number of nitrogens with one attached hydrogen (secondary N) is 1. The van der Waals surface area contributed by atoms with Crippen LogP contribution in [0.1, 0.15) is 29.5 Å². The molecule has 6 nitrogen and oxygen atoms in total. The summed E-state index contributed by atoms with van der Waals surface area (Å²) in [6, 6.07) is 12.0. The first-order valence-corrected chi connectivity index (χ1v) is 10.4. The van der Waals surface area contributed by atoms with E-state index >= 15 is 0 Å². The molecule has 3 heterocycles. The van der Waals surface area contributed by atoms with E-state index in [1.807, 2.05) is 38.1 Å². The molecule has 2 aromatic heterocycles. The summed E-state index contributed by atoms with van der Waals surface area (Å²) in [7, 11) is 0. The molecular weight excluding hydrogens is 374 g/mol. The lowest BCUT2D eigenvalue weighted by Gasteiger charge is -2.32. The molecule has 0 unspecified atom stereocenters. The maximum absolute atomic E-state index is 12.8. The number of carbonyl (C=O) groups excluding carboxylic acids is 1. The van der Waals surface area contributed by atoms with Crippen molar-refractivity contribution in [2.75, 3.05) is 23.3 Å². The van der Waals surface area contributed by atoms with E-state index in [-0.39, 0.29) is 11.8 Å². The van der Waals surface area contributed by atoms with Crippen LogP contribution in [-0.4, -0.2) is 34.2 Å². The second kappa shape index (κ2) is 8.61. The van der Waals surface area contributed by atoms with Crippen molar-refractivity contribution in [3.8, 4) is 11.3 Å². The maximum atomic E-state index is 12.8. The molecule has 6 heteroatoms. The average molecular weight is 402 g/mol. The van der Waals surface area contributed by atoms with Crippen molar-refractivity contribution in [2.24, 2.45) is 5.92 Å². The predicted octanol–water partition coefficient (Wildman–Crippen LogP) is 4.32. The second-order valence-corrected chi connectivity index (χ2v) is 8.04. The van der Waals surface area contributed by atoms with E-state index in [9.17, 15) is 4.79 Å². The van der Waals surface area contributed by atoms with Gasteiger partial charge in [-0.1, -0.05) is 17.7 Å². The molecular formula is C24H27N5O. The van der Waals surface area contributed by atoms with E-state index in [0.29, 0.717) is 0 Å². The molecule has 1 aromatic carbocycles. The summed E-state index contributed by atoms with van der Waals surface area (Å²) in [6.45, 7) is 7.77. The zero-order valence-electron chi connectivity index (χ0n) is 17.7. The van der Waals surface area contributed by atoms with Crippen molar-refractivity contribution in [3.05, 3.63) is 65.5 Å². The van der Waals surface area contributed by atoms with Gasteiger partial charge in [-0.05, 0) is 69.0 Å². The largest absolute Gasteiger partial charge is 0.355 e. The zero-order valence-corrected chi connectivity index (χ0v) is 17.7. The minimum absolute atomic E-state index is 0.0176. The Kier molecular flexibility index (Phi) is 5.74. The fourth-order valence-corrected chi connectivity index (χ4v) is 4.14. The summed E-state index contributed by atoms with van der Waals surface area (Å²) in [5, 5.41) is 11.9. The Morgan fingerprint density at radius 3 is 2.37 bits per heavy atom. The van der Waals surface area contributed by atoms with E-state index < -0.39 is 0 Å². The van der Waals surface area contributed by atoms with E-state index in [2.05, 4.69) is 44.5 Å². The monoisotopic (exact) mass is 401 g/mol. The summed E-state index contributed by atoms with van der Waals surface area (Å²) in [6.07, 6.45) is 5.14. The summed E-state index contributed by atoms with van der Waals surface area (Å²) < 4.78 is 0. The summed E-state index contributed by atoms with van der Waals surface area (Å²) in [4.78, 5) is 19.2. The van der Waals surface area contributed by atoms with Gasteiger partial charge >= 0.3 is 0 Å². The van der Waals surface area contributed by atoms with Crippen LogP contribution in [0.5, 0.6) is 0 Å². The third-order valence-electron chi connectivity index (χ3n) is 5.72. The number of carbonyl (C=O) groups is 1. The third-order valence-corrected chi connectivity index (χ3v) is 5.72. The molecule has 0 radical (unpaired) electrons. The van der Waals surface area contributed by atoms with Crippen molar-refractivity contribution >= 4 is 17.4 Å². The first-order valence-electron chi connectivity index (χ1n) is 10.4. The molecule has 1 saturated heterocycles. The summed E-state index contributed by atoms with van der Waals surface area (Å²) in [5.41, 5.74) is 6.15. The number of aryl methyl sites for hydroxylation is 3. The van der Waals surface area contributed by atoms with E-state index in [1.165, 1.54) is 5.56 Å². The Hall–Kier alpha value is -3.28. The number of piperidine rings is 1. The Morgan fingerprint density at radius 1 is 1.03 bits per heavy atom. The fourth-order valence-electron chi connectivity index (χ4n) is 4.14. The molecule has 1 fully saturated rings. The van der Waals surface area contributed by atoms with Gasteiger partial charge in [0.1, 0.15) is 0 Å². The summed E-state index contributed by atoms with van der Waals surface area (Å²) in [5.74, 6) is 0.985. The SMILES string of the molecule is Cc1cc(C)c(NC(=O)C2CCN(c3ccc(-c4cccnc4)nn3)CC2)c(C)c1. The Labute approximate surface area is 177 Å². The van der Waals surface area contributed by atoms with Crippen LogP contribution in [0.25, 0.3) is 11.3 Å². The van der Waals surface area contributed by atoms with E-state index in [1.54, 1.807) is 12.4 Å². The third kappa shape index (κ3) is 4.32. The first kappa shape index (κ1) is 20.0. The topological polar surface area (TPSA) is 71.0 Å². The molecule has 0 spiro atoms. The number of rotatable bonds is 4. The van der Waals surface area contributed by atoms with Gasteiger partial charge in [0, 0.05) is 42.7 Å². The standard InChI is InChI=1S/C24H27N5O/c1-16-13-17(2)23(18(3)14-16)26-24(30)19-8-11-29(12-9-19)22-7-6-21(27-28-22)20-5-4-10-25-15-20/h4-7,10,13-15,19H,8-9,11-12H2,1-3H3,(H,26,30). The van der Waals surface area contributed by atoms with Gasteiger partial charge in [-0.2, -0.15) is 0 Å². The van der Waals surface area contributed by atoms with Crippen LogP contribution in [0.4, 0.5) is 11.5 Å². The van der Waals surface area contributed by atoms with Crippen LogP contribution in [0, 0.1) is 26.7 Å². The number of hydrogen-bond donors (Lipinski definition) is 1. The van der Waals surface area contributed by atoms with Gasteiger partial charge in [0.2, 0.25) is 5.91 Å². The lowest BCUT2D eigenvalue weighted by Crippen LogP contribution is -2.38. The highest BCUT2D eigenvalue weighted by Gasteiger charge is 2.26. The molecule has 30 heavy (non-hydrogen) atoms. The molecule has 4 rings (SSSR count). The normalized spacial score (nSPS) is 14.6. The lowest BCUT2D eigenvalue weighted by molar-refractivity contribution is -0.120. The fraction of sp³-hybridized carbons (Fsp3) is 0.333. The van der Waals surface area contributed by atoms with Crippen molar-refractivity contribution < 1.29 is 4.79 Å². The van der Waals surface area contributed by atoms with Gasteiger partial charge in [0.25, 0.3) is 0 Å². The first-order chi connectivity index (χ1) is 14.5. The van der Waals surface area contributed by atoms with Crippen molar-refractivity contribution in [2.45, 2.75) is 33.6 Å². The highest BCUT2D eigenvalue weighted by Crippen LogP contribution is 2.26. The molecule has 0 saturated carbocycles. The quantitative estimate of drug-likeness (QED) is 0.705. The number of aromatic nitrogens is 3. The predicted molar refractivity (Wildman–Crippen MR) is 119 cm³/mol. The molecule has 1 N–H and O–H groups in total. The Balaban J connectivity index is 1.36. The van der Waals surface area contributed by atoms with Crippen LogP contribution in [0.15, 0.2) is 48.8 Å². The van der Waals surface area contributed by atoms with E-state index in [0.717, 1.165) is 59.8 Å². The van der Waals surface area contributed by atoms with Gasteiger partial charge in [-0.3, -0.25) is 9.78 Å². The van der Waals surface area contributed by atoms with Crippen LogP contribution < -0.4 is 10.2 Å². The summed E-state index contributed by atoms with van der Waals surface area (Å²) >= 11 is 0. The van der Waals surface area contributed by atoms with Gasteiger partial charge < -0.3 is 10.2 Å². The highest BCUT2D eigenvalue weighted by atomic mass is 16.1. The number of amides is 1. The Bertz CT molecular complexity index is 1000. The molecule has 1 amide bonds. The number of anilines is 2. The maximum Gasteiger partial charge on any atom is 0.227 e.